The smallest absolute Gasteiger partial charge is 0.116 e. The third kappa shape index (κ3) is 5.12. The summed E-state index contributed by atoms with van der Waals surface area (Å²) in [5.41, 5.74) is 3.90. The quantitative estimate of drug-likeness (QED) is 0.619. The van der Waals surface area contributed by atoms with Crippen LogP contribution in [-0.4, -0.2) is 5.11 Å². The summed E-state index contributed by atoms with van der Waals surface area (Å²) < 4.78 is 0. The Kier molecular flexibility index (Phi) is 6.85. The summed E-state index contributed by atoms with van der Waals surface area (Å²) in [5.74, 6) is 0.397. The number of hydrogen-bond acceptors (Lipinski definition) is 1. The number of rotatable bonds is 8. The monoisotopic (exact) mass is 248 g/mol. The van der Waals surface area contributed by atoms with E-state index in [-0.39, 0.29) is 0 Å². The van der Waals surface area contributed by atoms with Gasteiger partial charge in [0.1, 0.15) is 5.75 Å². The highest BCUT2D eigenvalue weighted by molar-refractivity contribution is 5.40. The zero-order chi connectivity index (χ0) is 13.4. The second-order valence-corrected chi connectivity index (χ2v) is 5.43. The van der Waals surface area contributed by atoms with Crippen LogP contribution in [0.3, 0.4) is 0 Å². The molecule has 0 aliphatic rings. The predicted molar refractivity (Wildman–Crippen MR) is 79.3 cm³/mol. The molecular weight excluding hydrogens is 220 g/mol. The van der Waals surface area contributed by atoms with Gasteiger partial charge in [0.15, 0.2) is 0 Å². The highest BCUT2D eigenvalue weighted by Gasteiger charge is 2.04. The molecule has 0 heterocycles. The lowest BCUT2D eigenvalue weighted by Crippen LogP contribution is -1.94. The van der Waals surface area contributed by atoms with Crippen molar-refractivity contribution in [2.75, 3.05) is 0 Å². The summed E-state index contributed by atoms with van der Waals surface area (Å²) >= 11 is 0. The normalized spacial score (nSPS) is 10.8. The Labute approximate surface area is 112 Å². The molecule has 0 unspecified atom stereocenters. The summed E-state index contributed by atoms with van der Waals surface area (Å²) in [7, 11) is 0. The van der Waals surface area contributed by atoms with Gasteiger partial charge in [0.05, 0.1) is 0 Å². The van der Waals surface area contributed by atoms with Gasteiger partial charge in [-0.05, 0) is 55.5 Å². The molecule has 0 saturated carbocycles. The van der Waals surface area contributed by atoms with Crippen LogP contribution in [0.2, 0.25) is 0 Å². The van der Waals surface area contributed by atoms with Crippen LogP contribution in [0.25, 0.3) is 0 Å². The number of hydrogen-bond donors (Lipinski definition) is 1. The molecule has 0 radical (unpaired) electrons. The Morgan fingerprint density at radius 2 is 1.33 bits per heavy atom. The van der Waals surface area contributed by atoms with Crippen molar-refractivity contribution in [1.82, 2.24) is 0 Å². The Bertz CT molecular complexity index is 332. The molecular formula is C17H28O. The number of phenols is 1. The van der Waals surface area contributed by atoms with Crippen LogP contribution in [0.5, 0.6) is 5.75 Å². The number of phenolic OH excluding ortho intramolecular Hbond substituents is 1. The molecule has 0 fully saturated rings. The van der Waals surface area contributed by atoms with Crippen molar-refractivity contribution in [3.8, 4) is 5.75 Å². The summed E-state index contributed by atoms with van der Waals surface area (Å²) in [6, 6.07) is 3.76. The van der Waals surface area contributed by atoms with E-state index in [1.807, 2.05) is 12.1 Å². The van der Waals surface area contributed by atoms with E-state index in [0.29, 0.717) is 5.75 Å². The molecule has 18 heavy (non-hydrogen) atoms. The average molecular weight is 248 g/mol. The molecule has 1 heteroatoms. The Hall–Kier alpha value is -0.980. The predicted octanol–water partition coefficient (Wildman–Crippen LogP) is 5.30. The lowest BCUT2D eigenvalue weighted by Gasteiger charge is -2.10. The average Bonchev–Trinajstić information content (AvgIpc) is 2.30. The zero-order valence-corrected chi connectivity index (χ0v) is 12.3. The zero-order valence-electron chi connectivity index (χ0n) is 12.3. The Morgan fingerprint density at radius 3 is 1.89 bits per heavy atom. The molecule has 0 aliphatic heterocycles. The fourth-order valence-electron chi connectivity index (χ4n) is 2.62. The minimum absolute atomic E-state index is 0.397. The van der Waals surface area contributed by atoms with Gasteiger partial charge in [-0.3, -0.25) is 0 Å². The van der Waals surface area contributed by atoms with E-state index in [9.17, 15) is 5.11 Å². The minimum Gasteiger partial charge on any atom is -0.508 e. The van der Waals surface area contributed by atoms with Gasteiger partial charge >= 0.3 is 0 Å². The van der Waals surface area contributed by atoms with Gasteiger partial charge in [0.2, 0.25) is 0 Å². The summed E-state index contributed by atoms with van der Waals surface area (Å²) in [6.07, 6.45) is 10.6. The molecule has 1 nitrogen and oxygen atoms in total. The van der Waals surface area contributed by atoms with Gasteiger partial charge in [-0.15, -0.1) is 0 Å². The van der Waals surface area contributed by atoms with Crippen LogP contribution < -0.4 is 0 Å². The largest absolute Gasteiger partial charge is 0.508 e. The van der Waals surface area contributed by atoms with Crippen LogP contribution in [-0.2, 0) is 6.42 Å². The molecule has 0 bridgehead atoms. The van der Waals surface area contributed by atoms with E-state index in [2.05, 4.69) is 20.8 Å². The van der Waals surface area contributed by atoms with Crippen molar-refractivity contribution >= 4 is 0 Å². The van der Waals surface area contributed by atoms with Crippen molar-refractivity contribution in [1.29, 1.82) is 0 Å². The number of benzene rings is 1. The fourth-order valence-corrected chi connectivity index (χ4v) is 2.62. The van der Waals surface area contributed by atoms with Crippen molar-refractivity contribution < 1.29 is 5.11 Å². The van der Waals surface area contributed by atoms with E-state index < -0.39 is 0 Å². The SMILES string of the molecule is CCCCCCCCCc1c(C)cc(O)cc1C. The van der Waals surface area contributed by atoms with Crippen molar-refractivity contribution in [2.45, 2.75) is 72.1 Å². The number of aromatic hydroxyl groups is 1. The first-order chi connectivity index (χ1) is 8.65. The van der Waals surface area contributed by atoms with Gasteiger partial charge in [0, 0.05) is 0 Å². The van der Waals surface area contributed by atoms with E-state index in [4.69, 9.17) is 0 Å². The molecule has 0 aliphatic carbocycles. The highest BCUT2D eigenvalue weighted by Crippen LogP contribution is 2.22. The summed E-state index contributed by atoms with van der Waals surface area (Å²) in [5, 5.41) is 9.51. The third-order valence-electron chi connectivity index (χ3n) is 3.71. The molecule has 1 N–H and O–H groups in total. The Balaban J connectivity index is 2.27. The van der Waals surface area contributed by atoms with Gasteiger partial charge in [-0.25, -0.2) is 0 Å². The second-order valence-electron chi connectivity index (χ2n) is 5.43. The summed E-state index contributed by atoms with van der Waals surface area (Å²) in [6.45, 7) is 6.46. The summed E-state index contributed by atoms with van der Waals surface area (Å²) in [4.78, 5) is 0. The standard InChI is InChI=1S/C17H28O/c1-4-5-6-7-8-9-10-11-17-14(2)12-16(18)13-15(17)3/h12-13,18H,4-11H2,1-3H3. The maximum atomic E-state index is 9.51. The molecule has 0 spiro atoms. The molecule has 0 atom stereocenters. The fraction of sp³-hybridized carbons (Fsp3) is 0.647. The molecule has 1 rings (SSSR count). The highest BCUT2D eigenvalue weighted by atomic mass is 16.3. The van der Waals surface area contributed by atoms with Crippen molar-refractivity contribution in [3.63, 3.8) is 0 Å². The van der Waals surface area contributed by atoms with Crippen molar-refractivity contribution in [3.05, 3.63) is 28.8 Å². The van der Waals surface area contributed by atoms with E-state index in [1.165, 1.54) is 61.6 Å². The second kappa shape index (κ2) is 8.18. The van der Waals surface area contributed by atoms with E-state index >= 15 is 0 Å². The lowest BCUT2D eigenvalue weighted by molar-refractivity contribution is 0.474. The van der Waals surface area contributed by atoms with E-state index in [0.717, 1.165) is 6.42 Å². The van der Waals surface area contributed by atoms with Gasteiger partial charge < -0.3 is 5.11 Å². The molecule has 0 amide bonds. The minimum atomic E-state index is 0.397. The maximum absolute atomic E-state index is 9.51. The number of unbranched alkanes of at least 4 members (excludes halogenated alkanes) is 6. The van der Waals surface area contributed by atoms with Crippen LogP contribution in [0.1, 0.15) is 68.6 Å². The molecule has 1 aromatic rings. The van der Waals surface area contributed by atoms with Crippen LogP contribution >= 0.6 is 0 Å². The third-order valence-corrected chi connectivity index (χ3v) is 3.71. The van der Waals surface area contributed by atoms with Crippen LogP contribution in [0, 0.1) is 13.8 Å². The van der Waals surface area contributed by atoms with Gasteiger partial charge in [-0.1, -0.05) is 45.4 Å². The molecule has 0 saturated heterocycles. The lowest BCUT2D eigenvalue weighted by atomic mass is 9.96. The topological polar surface area (TPSA) is 20.2 Å². The van der Waals surface area contributed by atoms with Crippen LogP contribution in [0.4, 0.5) is 0 Å². The first-order valence-corrected chi connectivity index (χ1v) is 7.44. The first-order valence-electron chi connectivity index (χ1n) is 7.44. The van der Waals surface area contributed by atoms with E-state index in [1.54, 1.807) is 0 Å². The molecule has 1 aromatic carbocycles. The van der Waals surface area contributed by atoms with Crippen LogP contribution in [0.15, 0.2) is 12.1 Å². The van der Waals surface area contributed by atoms with Crippen molar-refractivity contribution in [2.24, 2.45) is 0 Å². The molecule has 102 valence electrons. The first kappa shape index (κ1) is 15.1. The number of aryl methyl sites for hydroxylation is 2. The molecule has 0 aromatic heterocycles. The maximum Gasteiger partial charge on any atom is 0.116 e. The Morgan fingerprint density at radius 1 is 0.833 bits per heavy atom. The van der Waals surface area contributed by atoms with Gasteiger partial charge in [0.25, 0.3) is 0 Å². The van der Waals surface area contributed by atoms with Gasteiger partial charge in [-0.2, -0.15) is 0 Å².